The van der Waals surface area contributed by atoms with Gasteiger partial charge in [-0.1, -0.05) is 19.3 Å². The van der Waals surface area contributed by atoms with Crippen LogP contribution in [0.4, 0.5) is 0 Å². The second-order valence-electron chi connectivity index (χ2n) is 4.75. The number of aromatic nitrogens is 1. The number of aryl methyl sites for hydroxylation is 1. The number of pyridine rings is 1. The number of amides is 1. The summed E-state index contributed by atoms with van der Waals surface area (Å²) in [6.45, 7) is 1.75. The van der Waals surface area contributed by atoms with E-state index in [9.17, 15) is 4.79 Å². The summed E-state index contributed by atoms with van der Waals surface area (Å²) in [6, 6.07) is 5.60. The monoisotopic (exact) mass is 243 g/mol. The van der Waals surface area contributed by atoms with E-state index in [2.05, 4.69) is 10.3 Å². The summed E-state index contributed by atoms with van der Waals surface area (Å²) in [6.07, 6.45) is 5.75. The average Bonchev–Trinajstić information content (AvgIpc) is 2.39. The molecule has 1 amide bonds. The Bertz CT molecular complexity index is 484. The summed E-state index contributed by atoms with van der Waals surface area (Å²) in [4.78, 5) is 16.2. The van der Waals surface area contributed by atoms with E-state index in [1.54, 1.807) is 19.1 Å². The van der Waals surface area contributed by atoms with Crippen molar-refractivity contribution in [3.8, 4) is 6.07 Å². The highest BCUT2D eigenvalue weighted by atomic mass is 16.1. The van der Waals surface area contributed by atoms with Crippen LogP contribution in [0, 0.1) is 18.3 Å². The molecule has 0 radical (unpaired) electrons. The molecule has 1 aromatic rings. The Morgan fingerprint density at radius 2 is 2.11 bits per heavy atom. The standard InChI is InChI=1S/C14H17N3O/c1-10-11(9-15)7-8-13(16-10)14(18)17-12-5-3-2-4-6-12/h7-8,12H,2-6H2,1H3,(H,17,18). The Morgan fingerprint density at radius 3 is 2.72 bits per heavy atom. The lowest BCUT2D eigenvalue weighted by atomic mass is 9.95. The summed E-state index contributed by atoms with van der Waals surface area (Å²) in [5, 5.41) is 11.8. The summed E-state index contributed by atoms with van der Waals surface area (Å²) < 4.78 is 0. The second kappa shape index (κ2) is 5.63. The van der Waals surface area contributed by atoms with Crippen molar-refractivity contribution >= 4 is 5.91 Å². The predicted octanol–water partition coefficient (Wildman–Crippen LogP) is 2.32. The zero-order valence-electron chi connectivity index (χ0n) is 10.6. The quantitative estimate of drug-likeness (QED) is 0.866. The molecule has 0 atom stereocenters. The van der Waals surface area contributed by atoms with Gasteiger partial charge in [-0.2, -0.15) is 5.26 Å². The number of nitriles is 1. The maximum absolute atomic E-state index is 12.0. The lowest BCUT2D eigenvalue weighted by molar-refractivity contribution is 0.0922. The first-order valence-corrected chi connectivity index (χ1v) is 6.39. The molecule has 0 unspecified atom stereocenters. The van der Waals surface area contributed by atoms with Gasteiger partial charge in [0.2, 0.25) is 0 Å². The van der Waals surface area contributed by atoms with Gasteiger partial charge in [0.15, 0.2) is 0 Å². The highest BCUT2D eigenvalue weighted by molar-refractivity contribution is 5.92. The van der Waals surface area contributed by atoms with E-state index >= 15 is 0 Å². The van der Waals surface area contributed by atoms with Crippen molar-refractivity contribution in [2.45, 2.75) is 45.1 Å². The largest absolute Gasteiger partial charge is 0.348 e. The molecule has 1 fully saturated rings. The van der Waals surface area contributed by atoms with E-state index in [1.807, 2.05) is 6.07 Å². The minimum Gasteiger partial charge on any atom is -0.348 e. The van der Waals surface area contributed by atoms with Gasteiger partial charge in [-0.25, -0.2) is 4.98 Å². The van der Waals surface area contributed by atoms with Crippen LogP contribution in [-0.2, 0) is 0 Å². The van der Waals surface area contributed by atoms with Gasteiger partial charge in [-0.3, -0.25) is 4.79 Å². The first-order valence-electron chi connectivity index (χ1n) is 6.39. The van der Waals surface area contributed by atoms with Crippen molar-refractivity contribution in [1.82, 2.24) is 10.3 Å². The summed E-state index contributed by atoms with van der Waals surface area (Å²) in [5.41, 5.74) is 1.52. The molecule has 1 aliphatic rings. The number of carbonyl (C=O) groups excluding carboxylic acids is 1. The molecule has 1 N–H and O–H groups in total. The van der Waals surface area contributed by atoms with Crippen LogP contribution >= 0.6 is 0 Å². The van der Waals surface area contributed by atoms with Crippen molar-refractivity contribution in [3.63, 3.8) is 0 Å². The minimum absolute atomic E-state index is 0.130. The van der Waals surface area contributed by atoms with E-state index in [-0.39, 0.29) is 11.9 Å². The number of nitrogens with zero attached hydrogens (tertiary/aromatic N) is 2. The number of hydrogen-bond donors (Lipinski definition) is 1. The van der Waals surface area contributed by atoms with Gasteiger partial charge in [0.25, 0.3) is 5.91 Å². The molecule has 4 nitrogen and oxygen atoms in total. The van der Waals surface area contributed by atoms with Crippen LogP contribution < -0.4 is 5.32 Å². The van der Waals surface area contributed by atoms with Crippen LogP contribution in [0.2, 0.25) is 0 Å². The molecular formula is C14H17N3O. The maximum atomic E-state index is 12.0. The SMILES string of the molecule is Cc1nc(C(=O)NC2CCCCC2)ccc1C#N. The molecule has 0 spiro atoms. The van der Waals surface area contributed by atoms with Gasteiger partial charge in [0.1, 0.15) is 11.8 Å². The maximum Gasteiger partial charge on any atom is 0.270 e. The zero-order chi connectivity index (χ0) is 13.0. The number of rotatable bonds is 2. The highest BCUT2D eigenvalue weighted by Gasteiger charge is 2.17. The zero-order valence-corrected chi connectivity index (χ0v) is 10.6. The smallest absolute Gasteiger partial charge is 0.270 e. The fraction of sp³-hybridized carbons (Fsp3) is 0.500. The molecule has 18 heavy (non-hydrogen) atoms. The number of carbonyl (C=O) groups is 1. The lowest BCUT2D eigenvalue weighted by Gasteiger charge is -2.22. The molecule has 1 aromatic heterocycles. The van der Waals surface area contributed by atoms with Gasteiger partial charge in [-0.15, -0.1) is 0 Å². The summed E-state index contributed by atoms with van der Waals surface area (Å²) in [7, 11) is 0. The lowest BCUT2D eigenvalue weighted by Crippen LogP contribution is -2.36. The topological polar surface area (TPSA) is 65.8 Å². The fourth-order valence-electron chi connectivity index (χ4n) is 2.31. The van der Waals surface area contributed by atoms with Gasteiger partial charge in [-0.05, 0) is 31.9 Å². The molecule has 1 saturated carbocycles. The fourth-order valence-corrected chi connectivity index (χ4v) is 2.31. The van der Waals surface area contributed by atoms with Crippen molar-refractivity contribution in [2.24, 2.45) is 0 Å². The van der Waals surface area contributed by atoms with Crippen molar-refractivity contribution in [1.29, 1.82) is 5.26 Å². The summed E-state index contributed by atoms with van der Waals surface area (Å²) in [5.74, 6) is -0.130. The Morgan fingerprint density at radius 1 is 1.39 bits per heavy atom. The van der Waals surface area contributed by atoms with Crippen molar-refractivity contribution < 1.29 is 4.79 Å². The summed E-state index contributed by atoms with van der Waals surface area (Å²) >= 11 is 0. The molecule has 2 rings (SSSR count). The third kappa shape index (κ3) is 2.86. The first kappa shape index (κ1) is 12.6. The number of hydrogen-bond acceptors (Lipinski definition) is 3. The third-order valence-electron chi connectivity index (χ3n) is 3.38. The van der Waals surface area contributed by atoms with Crippen LogP contribution in [0.5, 0.6) is 0 Å². The Labute approximate surface area is 107 Å². The second-order valence-corrected chi connectivity index (χ2v) is 4.75. The van der Waals surface area contributed by atoms with Gasteiger partial charge in [0.05, 0.1) is 11.3 Å². The van der Waals surface area contributed by atoms with Gasteiger partial charge in [0, 0.05) is 6.04 Å². The van der Waals surface area contributed by atoms with Crippen molar-refractivity contribution in [3.05, 3.63) is 29.1 Å². The van der Waals surface area contributed by atoms with E-state index in [0.29, 0.717) is 17.0 Å². The van der Waals surface area contributed by atoms with Crippen LogP contribution in [0.25, 0.3) is 0 Å². The first-order chi connectivity index (χ1) is 8.70. The average molecular weight is 243 g/mol. The highest BCUT2D eigenvalue weighted by Crippen LogP contribution is 2.17. The number of nitrogens with one attached hydrogen (secondary N) is 1. The molecular weight excluding hydrogens is 226 g/mol. The van der Waals surface area contributed by atoms with Crippen molar-refractivity contribution in [2.75, 3.05) is 0 Å². The van der Waals surface area contributed by atoms with Crippen LogP contribution in [0.3, 0.4) is 0 Å². The van der Waals surface area contributed by atoms with Crippen LogP contribution in [-0.4, -0.2) is 16.9 Å². The van der Waals surface area contributed by atoms with E-state index in [0.717, 1.165) is 12.8 Å². The minimum atomic E-state index is -0.130. The molecule has 1 heterocycles. The van der Waals surface area contributed by atoms with Crippen LogP contribution in [0.1, 0.15) is 53.8 Å². The Balaban J connectivity index is 2.04. The molecule has 1 aliphatic carbocycles. The predicted molar refractivity (Wildman–Crippen MR) is 68.0 cm³/mol. The molecule has 94 valence electrons. The van der Waals surface area contributed by atoms with Crippen LogP contribution in [0.15, 0.2) is 12.1 Å². The third-order valence-corrected chi connectivity index (χ3v) is 3.38. The molecule has 0 aliphatic heterocycles. The molecule has 0 aromatic carbocycles. The molecule has 0 saturated heterocycles. The normalized spacial score (nSPS) is 16.0. The Hall–Kier alpha value is -1.89. The van der Waals surface area contributed by atoms with Gasteiger partial charge < -0.3 is 5.32 Å². The Kier molecular flexibility index (Phi) is 3.93. The van der Waals surface area contributed by atoms with E-state index in [4.69, 9.17) is 5.26 Å². The molecule has 0 bridgehead atoms. The molecule has 4 heteroatoms. The van der Waals surface area contributed by atoms with E-state index in [1.165, 1.54) is 19.3 Å². The van der Waals surface area contributed by atoms with E-state index < -0.39 is 0 Å². The van der Waals surface area contributed by atoms with Gasteiger partial charge >= 0.3 is 0 Å².